The number of alkyl halides is 4. The van der Waals surface area contributed by atoms with Crippen LogP contribution in [-0.2, 0) is 19.7 Å². The Morgan fingerprint density at radius 3 is 1.54 bits per heavy atom. The minimum absolute atomic E-state index is 0.0640. The van der Waals surface area contributed by atoms with E-state index in [1.165, 1.54) is 42.5 Å². The number of sulfone groups is 1. The number of nitrogens with two attached hydrogens (primary N) is 2. The van der Waals surface area contributed by atoms with Gasteiger partial charge in [0.2, 0.25) is 0 Å². The zero-order chi connectivity index (χ0) is 18.2. The minimum Gasteiger partial charge on any atom is -0.306 e. The molecule has 0 aliphatic rings. The van der Waals surface area contributed by atoms with Gasteiger partial charge in [-0.05, 0) is 11.1 Å². The fraction of sp³-hybridized carbons (Fsp3) is 0.200. The minimum atomic E-state index is -5.98. The molecule has 2 aromatic rings. The van der Waals surface area contributed by atoms with Gasteiger partial charge in [0.05, 0.1) is 0 Å². The molecule has 2 rings (SSSR count). The van der Waals surface area contributed by atoms with Crippen molar-refractivity contribution in [2.45, 2.75) is 15.4 Å². The molecule has 0 aliphatic carbocycles. The number of rotatable bonds is 4. The third-order valence-corrected chi connectivity index (χ3v) is 6.31. The van der Waals surface area contributed by atoms with Crippen LogP contribution in [0, 0.1) is 0 Å². The highest BCUT2D eigenvalue weighted by atomic mass is 35.5. The van der Waals surface area contributed by atoms with E-state index in [4.69, 9.17) is 23.1 Å². The zero-order valence-electron chi connectivity index (χ0n) is 12.2. The average Bonchev–Trinajstić information content (AvgIpc) is 2.54. The second kappa shape index (κ2) is 6.03. The van der Waals surface area contributed by atoms with E-state index in [9.17, 15) is 21.6 Å². The molecular formula is C15H14ClF3N2O2S. The summed E-state index contributed by atoms with van der Waals surface area (Å²) in [5.74, 6) is 0. The van der Waals surface area contributed by atoms with Gasteiger partial charge in [-0.15, -0.1) is 0 Å². The van der Waals surface area contributed by atoms with Crippen LogP contribution in [0.2, 0.25) is 0 Å². The molecule has 2 atom stereocenters. The van der Waals surface area contributed by atoms with Crippen molar-refractivity contribution in [2.24, 2.45) is 11.5 Å². The first-order valence-electron chi connectivity index (χ1n) is 6.65. The summed E-state index contributed by atoms with van der Waals surface area (Å²) in [6, 6.07) is 13.6. The van der Waals surface area contributed by atoms with Gasteiger partial charge in [-0.3, -0.25) is 0 Å². The predicted octanol–water partition coefficient (Wildman–Crippen LogP) is 2.78. The molecule has 0 bridgehead atoms. The van der Waals surface area contributed by atoms with E-state index in [1.807, 2.05) is 0 Å². The van der Waals surface area contributed by atoms with Crippen molar-refractivity contribution in [1.29, 1.82) is 0 Å². The van der Waals surface area contributed by atoms with Crippen LogP contribution in [-0.4, -0.2) is 13.9 Å². The first kappa shape index (κ1) is 18.7. The topological polar surface area (TPSA) is 86.2 Å². The highest BCUT2D eigenvalue weighted by Gasteiger charge is 2.66. The molecule has 0 saturated heterocycles. The maximum Gasteiger partial charge on any atom is 0.499 e. The predicted molar refractivity (Wildman–Crippen MR) is 85.4 cm³/mol. The molecule has 2 aromatic carbocycles. The molecule has 0 heterocycles. The zero-order valence-corrected chi connectivity index (χ0v) is 13.7. The molecular weight excluding hydrogens is 365 g/mol. The smallest absolute Gasteiger partial charge is 0.306 e. The van der Waals surface area contributed by atoms with E-state index in [2.05, 4.69) is 0 Å². The van der Waals surface area contributed by atoms with Crippen molar-refractivity contribution in [3.63, 3.8) is 0 Å². The molecule has 0 spiro atoms. The van der Waals surface area contributed by atoms with Gasteiger partial charge >= 0.3 is 5.51 Å². The lowest BCUT2D eigenvalue weighted by atomic mass is 9.93. The quantitative estimate of drug-likeness (QED) is 0.632. The van der Waals surface area contributed by atoms with Crippen LogP contribution in [0.25, 0.3) is 0 Å². The summed E-state index contributed by atoms with van der Waals surface area (Å²) in [6.07, 6.45) is 0. The van der Waals surface area contributed by atoms with Gasteiger partial charge < -0.3 is 11.5 Å². The van der Waals surface area contributed by atoms with Crippen LogP contribution in [0.5, 0.6) is 0 Å². The van der Waals surface area contributed by atoms with Crippen molar-refractivity contribution in [2.75, 3.05) is 0 Å². The summed E-state index contributed by atoms with van der Waals surface area (Å²) in [6.45, 7) is 0. The molecule has 130 valence electrons. The number of halogens is 4. The van der Waals surface area contributed by atoms with Gasteiger partial charge in [0.1, 0.15) is 0 Å². The summed E-state index contributed by atoms with van der Waals surface area (Å²) < 4.78 is 64.4. The first-order chi connectivity index (χ1) is 11.0. The standard InChI is InChI=1S/C15H14ClF3N2O2S/c16-13(20,11-7-3-1-4-8-11)14(21,12-9-5-2-6-10-12)24(22,23)15(17,18)19/h1-10H,20-21H2. The second-order valence-electron chi connectivity index (χ2n) is 5.13. The lowest BCUT2D eigenvalue weighted by Gasteiger charge is -2.41. The third-order valence-electron chi connectivity index (χ3n) is 3.67. The molecule has 0 amide bonds. The molecule has 4 N–H and O–H groups in total. The Bertz CT molecular complexity index is 812. The van der Waals surface area contributed by atoms with Crippen molar-refractivity contribution in [1.82, 2.24) is 0 Å². The van der Waals surface area contributed by atoms with E-state index in [0.29, 0.717) is 0 Å². The van der Waals surface area contributed by atoms with Crippen LogP contribution in [0.3, 0.4) is 0 Å². The van der Waals surface area contributed by atoms with E-state index < -0.39 is 25.2 Å². The molecule has 9 heteroatoms. The van der Waals surface area contributed by atoms with Crippen LogP contribution in [0.4, 0.5) is 13.2 Å². The molecule has 0 radical (unpaired) electrons. The van der Waals surface area contributed by atoms with Gasteiger partial charge in [-0.1, -0.05) is 72.3 Å². The number of hydrogen-bond acceptors (Lipinski definition) is 4. The molecule has 2 unspecified atom stereocenters. The van der Waals surface area contributed by atoms with Crippen LogP contribution < -0.4 is 11.5 Å². The van der Waals surface area contributed by atoms with Crippen LogP contribution in [0.1, 0.15) is 11.1 Å². The maximum absolute atomic E-state index is 13.3. The lowest BCUT2D eigenvalue weighted by Crippen LogP contribution is -2.65. The Kier molecular flexibility index (Phi) is 4.71. The molecule has 0 fully saturated rings. The van der Waals surface area contributed by atoms with Crippen molar-refractivity contribution in [3.8, 4) is 0 Å². The van der Waals surface area contributed by atoms with Crippen molar-refractivity contribution >= 4 is 21.4 Å². The number of benzene rings is 2. The Labute approximate surface area is 142 Å². The van der Waals surface area contributed by atoms with E-state index in [0.717, 1.165) is 12.1 Å². The summed E-state index contributed by atoms with van der Waals surface area (Å²) in [7, 11) is -5.98. The van der Waals surface area contributed by atoms with Crippen molar-refractivity contribution < 1.29 is 21.6 Å². The molecule has 0 saturated carbocycles. The van der Waals surface area contributed by atoms with Crippen LogP contribution >= 0.6 is 11.6 Å². The Hall–Kier alpha value is -1.61. The normalized spacial score (nSPS) is 17.8. The Morgan fingerprint density at radius 2 is 1.17 bits per heavy atom. The van der Waals surface area contributed by atoms with Gasteiger partial charge in [0, 0.05) is 0 Å². The molecule has 4 nitrogen and oxygen atoms in total. The van der Waals surface area contributed by atoms with Gasteiger partial charge in [0.15, 0.2) is 9.87 Å². The molecule has 0 aliphatic heterocycles. The van der Waals surface area contributed by atoms with E-state index in [-0.39, 0.29) is 11.1 Å². The Balaban J connectivity index is 2.84. The summed E-state index contributed by atoms with van der Waals surface area (Å²) in [5, 5.41) is 0. The summed E-state index contributed by atoms with van der Waals surface area (Å²) in [5.41, 5.74) is 5.64. The number of hydrogen-bond donors (Lipinski definition) is 2. The Morgan fingerprint density at radius 1 is 0.792 bits per heavy atom. The lowest BCUT2D eigenvalue weighted by molar-refractivity contribution is -0.0468. The summed E-state index contributed by atoms with van der Waals surface area (Å²) in [4.78, 5) is -5.70. The largest absolute Gasteiger partial charge is 0.499 e. The third kappa shape index (κ3) is 2.69. The molecule has 0 aromatic heterocycles. The summed E-state index contributed by atoms with van der Waals surface area (Å²) >= 11 is 6.17. The van der Waals surface area contributed by atoms with Gasteiger partial charge in [-0.25, -0.2) is 8.42 Å². The highest BCUT2D eigenvalue weighted by molar-refractivity contribution is 7.93. The highest BCUT2D eigenvalue weighted by Crippen LogP contribution is 2.48. The van der Waals surface area contributed by atoms with E-state index >= 15 is 0 Å². The van der Waals surface area contributed by atoms with E-state index in [1.54, 1.807) is 6.07 Å². The van der Waals surface area contributed by atoms with Crippen molar-refractivity contribution in [3.05, 3.63) is 71.8 Å². The SMILES string of the molecule is NC(Cl)(c1ccccc1)C(N)(c1ccccc1)S(=O)(=O)C(F)(F)F. The monoisotopic (exact) mass is 378 g/mol. The fourth-order valence-corrected chi connectivity index (χ4v) is 4.18. The maximum atomic E-state index is 13.3. The molecule has 24 heavy (non-hydrogen) atoms. The van der Waals surface area contributed by atoms with Gasteiger partial charge in [-0.2, -0.15) is 13.2 Å². The first-order valence-corrected chi connectivity index (χ1v) is 8.51. The second-order valence-corrected chi connectivity index (χ2v) is 7.84. The van der Waals surface area contributed by atoms with Crippen LogP contribution in [0.15, 0.2) is 60.7 Å². The fourth-order valence-electron chi connectivity index (χ4n) is 2.32. The average molecular weight is 379 g/mol. The van der Waals surface area contributed by atoms with Gasteiger partial charge in [0.25, 0.3) is 9.84 Å².